The number of halogens is 1. The van der Waals surface area contributed by atoms with Crippen LogP contribution in [0.25, 0.3) is 0 Å². The lowest BCUT2D eigenvalue weighted by Gasteiger charge is -2.24. The molecule has 2 aromatic rings. The zero-order valence-corrected chi connectivity index (χ0v) is 11.9. The second-order valence-electron chi connectivity index (χ2n) is 4.52. The molecular formula is C17H18ClNO. The van der Waals surface area contributed by atoms with Crippen LogP contribution in [-0.4, -0.2) is 16.2 Å². The molecule has 1 N–H and O–H groups in total. The SMILES string of the molecule is ON(Cc1ccccc1)C(/C=C/CCl)c1ccccc1. The van der Waals surface area contributed by atoms with E-state index in [0.717, 1.165) is 11.1 Å². The van der Waals surface area contributed by atoms with Gasteiger partial charge in [-0.1, -0.05) is 72.8 Å². The highest BCUT2D eigenvalue weighted by Gasteiger charge is 2.15. The summed E-state index contributed by atoms with van der Waals surface area (Å²) in [7, 11) is 0. The molecule has 0 amide bonds. The Labute approximate surface area is 124 Å². The molecule has 0 saturated heterocycles. The third-order valence-corrected chi connectivity index (χ3v) is 3.24. The van der Waals surface area contributed by atoms with E-state index in [9.17, 15) is 5.21 Å². The van der Waals surface area contributed by atoms with Crippen molar-refractivity contribution >= 4 is 11.6 Å². The van der Waals surface area contributed by atoms with Crippen LogP contribution < -0.4 is 0 Å². The fraction of sp³-hybridized carbons (Fsp3) is 0.176. The van der Waals surface area contributed by atoms with E-state index < -0.39 is 0 Å². The third kappa shape index (κ3) is 4.20. The molecule has 0 saturated carbocycles. The first-order valence-electron chi connectivity index (χ1n) is 6.58. The van der Waals surface area contributed by atoms with Crippen LogP contribution in [0.5, 0.6) is 0 Å². The van der Waals surface area contributed by atoms with Gasteiger partial charge in [-0.05, 0) is 11.1 Å². The monoisotopic (exact) mass is 287 g/mol. The van der Waals surface area contributed by atoms with Gasteiger partial charge in [0.1, 0.15) is 0 Å². The Kier molecular flexibility index (Phi) is 5.81. The Balaban J connectivity index is 2.16. The minimum absolute atomic E-state index is 0.199. The molecule has 0 aromatic heterocycles. The first-order chi connectivity index (χ1) is 9.81. The summed E-state index contributed by atoms with van der Waals surface area (Å²) in [6, 6.07) is 19.6. The predicted molar refractivity (Wildman–Crippen MR) is 82.8 cm³/mol. The lowest BCUT2D eigenvalue weighted by atomic mass is 10.1. The third-order valence-electron chi connectivity index (χ3n) is 3.06. The molecule has 0 spiro atoms. The summed E-state index contributed by atoms with van der Waals surface area (Å²) in [5.41, 5.74) is 2.10. The van der Waals surface area contributed by atoms with Gasteiger partial charge in [-0.3, -0.25) is 0 Å². The zero-order valence-electron chi connectivity index (χ0n) is 11.2. The highest BCUT2D eigenvalue weighted by atomic mass is 35.5. The fourth-order valence-electron chi connectivity index (χ4n) is 2.08. The number of hydrogen-bond acceptors (Lipinski definition) is 2. The van der Waals surface area contributed by atoms with Gasteiger partial charge in [0.25, 0.3) is 0 Å². The first-order valence-corrected chi connectivity index (χ1v) is 7.11. The maximum Gasteiger partial charge on any atom is 0.0784 e. The Morgan fingerprint density at radius 1 is 1.00 bits per heavy atom. The molecule has 1 unspecified atom stereocenters. The predicted octanol–water partition coefficient (Wildman–Crippen LogP) is 4.41. The molecular weight excluding hydrogens is 270 g/mol. The summed E-state index contributed by atoms with van der Waals surface area (Å²) < 4.78 is 0. The topological polar surface area (TPSA) is 23.5 Å². The number of hydroxylamine groups is 2. The van der Waals surface area contributed by atoms with Crippen LogP contribution in [0.15, 0.2) is 72.8 Å². The zero-order chi connectivity index (χ0) is 14.2. The van der Waals surface area contributed by atoms with E-state index in [1.165, 1.54) is 5.06 Å². The van der Waals surface area contributed by atoms with Crippen molar-refractivity contribution in [2.24, 2.45) is 0 Å². The van der Waals surface area contributed by atoms with E-state index in [-0.39, 0.29) is 6.04 Å². The lowest BCUT2D eigenvalue weighted by molar-refractivity contribution is -0.123. The normalized spacial score (nSPS) is 12.9. The van der Waals surface area contributed by atoms with Gasteiger partial charge in [0.15, 0.2) is 0 Å². The standard InChI is InChI=1S/C17H18ClNO/c18-13-7-12-17(16-10-5-2-6-11-16)19(20)14-15-8-3-1-4-9-15/h1-12,17,20H,13-14H2/b12-7+. The van der Waals surface area contributed by atoms with E-state index in [0.29, 0.717) is 12.4 Å². The maximum atomic E-state index is 10.4. The van der Waals surface area contributed by atoms with Gasteiger partial charge in [-0.25, -0.2) is 0 Å². The number of nitrogens with zero attached hydrogens (tertiary/aromatic N) is 1. The maximum absolute atomic E-state index is 10.4. The molecule has 2 nitrogen and oxygen atoms in total. The molecule has 20 heavy (non-hydrogen) atoms. The number of benzene rings is 2. The molecule has 0 aliphatic rings. The van der Waals surface area contributed by atoms with Crippen LogP contribution in [0, 0.1) is 0 Å². The Hall–Kier alpha value is -1.61. The Bertz CT molecular complexity index is 527. The largest absolute Gasteiger partial charge is 0.313 e. The summed E-state index contributed by atoms with van der Waals surface area (Å²) in [6.45, 7) is 0.465. The average Bonchev–Trinajstić information content (AvgIpc) is 2.50. The minimum atomic E-state index is -0.199. The Morgan fingerprint density at radius 3 is 2.20 bits per heavy atom. The van der Waals surface area contributed by atoms with Gasteiger partial charge < -0.3 is 5.21 Å². The second kappa shape index (κ2) is 7.85. The van der Waals surface area contributed by atoms with Crippen LogP contribution in [-0.2, 0) is 6.54 Å². The molecule has 0 bridgehead atoms. The summed E-state index contributed by atoms with van der Waals surface area (Å²) in [4.78, 5) is 0. The van der Waals surface area contributed by atoms with Crippen LogP contribution in [0.2, 0.25) is 0 Å². The molecule has 0 radical (unpaired) electrons. The van der Waals surface area contributed by atoms with Crippen LogP contribution in [0.1, 0.15) is 17.2 Å². The van der Waals surface area contributed by atoms with Crippen LogP contribution in [0.3, 0.4) is 0 Å². The minimum Gasteiger partial charge on any atom is -0.313 e. The summed E-state index contributed by atoms with van der Waals surface area (Å²) >= 11 is 5.71. The average molecular weight is 288 g/mol. The number of hydrogen-bond donors (Lipinski definition) is 1. The second-order valence-corrected chi connectivity index (χ2v) is 4.83. The fourth-order valence-corrected chi connectivity index (χ4v) is 2.18. The summed E-state index contributed by atoms with van der Waals surface area (Å²) in [6.07, 6.45) is 3.78. The lowest BCUT2D eigenvalue weighted by Crippen LogP contribution is -2.23. The van der Waals surface area contributed by atoms with Gasteiger partial charge >= 0.3 is 0 Å². The van der Waals surface area contributed by atoms with Crippen LogP contribution in [0.4, 0.5) is 0 Å². The van der Waals surface area contributed by atoms with Crippen molar-refractivity contribution in [3.05, 3.63) is 83.9 Å². The smallest absolute Gasteiger partial charge is 0.0784 e. The molecule has 0 fully saturated rings. The van der Waals surface area contributed by atoms with Crippen molar-refractivity contribution < 1.29 is 5.21 Å². The van der Waals surface area contributed by atoms with Crippen LogP contribution >= 0.6 is 11.6 Å². The van der Waals surface area contributed by atoms with E-state index >= 15 is 0 Å². The highest BCUT2D eigenvalue weighted by Crippen LogP contribution is 2.22. The molecule has 3 heteroatoms. The molecule has 2 aromatic carbocycles. The van der Waals surface area contributed by atoms with Crippen molar-refractivity contribution in [3.8, 4) is 0 Å². The van der Waals surface area contributed by atoms with Gasteiger partial charge in [-0.2, -0.15) is 5.06 Å². The highest BCUT2D eigenvalue weighted by molar-refractivity contribution is 6.18. The number of alkyl halides is 1. The van der Waals surface area contributed by atoms with E-state index in [1.54, 1.807) is 0 Å². The molecule has 0 heterocycles. The number of allylic oxidation sites excluding steroid dienone is 1. The van der Waals surface area contributed by atoms with Crippen molar-refractivity contribution in [2.45, 2.75) is 12.6 Å². The molecule has 1 atom stereocenters. The molecule has 2 rings (SSSR count). The molecule has 0 aliphatic heterocycles. The summed E-state index contributed by atoms with van der Waals surface area (Å²) in [5, 5.41) is 11.7. The van der Waals surface area contributed by atoms with Crippen molar-refractivity contribution in [1.82, 2.24) is 5.06 Å². The van der Waals surface area contributed by atoms with Gasteiger partial charge in [-0.15, -0.1) is 11.6 Å². The van der Waals surface area contributed by atoms with Crippen molar-refractivity contribution in [1.29, 1.82) is 0 Å². The quantitative estimate of drug-likeness (QED) is 0.483. The molecule has 0 aliphatic carbocycles. The van der Waals surface area contributed by atoms with Gasteiger partial charge in [0.2, 0.25) is 0 Å². The van der Waals surface area contributed by atoms with E-state index in [4.69, 9.17) is 11.6 Å². The number of rotatable bonds is 6. The van der Waals surface area contributed by atoms with Gasteiger partial charge in [0, 0.05) is 12.4 Å². The van der Waals surface area contributed by atoms with Crippen molar-refractivity contribution in [3.63, 3.8) is 0 Å². The van der Waals surface area contributed by atoms with E-state index in [2.05, 4.69) is 0 Å². The first kappa shape index (κ1) is 14.8. The van der Waals surface area contributed by atoms with Crippen molar-refractivity contribution in [2.75, 3.05) is 5.88 Å². The van der Waals surface area contributed by atoms with Gasteiger partial charge in [0.05, 0.1) is 6.04 Å². The van der Waals surface area contributed by atoms with E-state index in [1.807, 2.05) is 72.8 Å². The Morgan fingerprint density at radius 2 is 1.60 bits per heavy atom. The molecule has 104 valence electrons. The summed E-state index contributed by atoms with van der Waals surface area (Å²) in [5.74, 6) is 0.433.